The molecule has 0 amide bonds. The van der Waals surface area contributed by atoms with Gasteiger partial charge >= 0.3 is 0 Å². The zero-order valence-electron chi connectivity index (χ0n) is 19.7. The maximum atomic E-state index is 14.1. The van der Waals surface area contributed by atoms with Gasteiger partial charge in [0, 0.05) is 37.8 Å². The molecule has 0 aliphatic rings. The Hall–Kier alpha value is -4.25. The fraction of sp³-hybridized carbons (Fsp3) is 0.231. The molecular formula is C26H30FN7. The smallest absolute Gasteiger partial charge is 0.228 e. The SMILES string of the molecule is C=C/C=C(\C=C/N(C)C(CC#N)c1ccc(C)c(F)c1)c1ccnc(N/C(=C/C=N)NCC)n1. The molecule has 8 heteroatoms. The van der Waals surface area contributed by atoms with Gasteiger partial charge < -0.3 is 20.9 Å². The molecular weight excluding hydrogens is 429 g/mol. The van der Waals surface area contributed by atoms with Crippen molar-refractivity contribution in [2.45, 2.75) is 26.3 Å². The Balaban J connectivity index is 2.30. The molecule has 3 N–H and O–H groups in total. The number of nitriles is 1. The Kier molecular flexibility index (Phi) is 10.2. The van der Waals surface area contributed by atoms with Crippen molar-refractivity contribution in [2.75, 3.05) is 18.9 Å². The quantitative estimate of drug-likeness (QED) is 0.301. The van der Waals surface area contributed by atoms with E-state index in [9.17, 15) is 9.65 Å². The second kappa shape index (κ2) is 13.3. The van der Waals surface area contributed by atoms with Crippen LogP contribution in [0.1, 0.15) is 36.2 Å². The molecule has 0 bridgehead atoms. The van der Waals surface area contributed by atoms with Crippen LogP contribution in [0.3, 0.4) is 0 Å². The highest BCUT2D eigenvalue weighted by Crippen LogP contribution is 2.26. The van der Waals surface area contributed by atoms with E-state index >= 15 is 0 Å². The Morgan fingerprint density at radius 2 is 2.15 bits per heavy atom. The average Bonchev–Trinajstić information content (AvgIpc) is 2.82. The highest BCUT2D eigenvalue weighted by Gasteiger charge is 2.16. The Morgan fingerprint density at radius 1 is 1.35 bits per heavy atom. The van der Waals surface area contributed by atoms with Crippen LogP contribution in [0, 0.1) is 29.5 Å². The van der Waals surface area contributed by atoms with Gasteiger partial charge in [0.15, 0.2) is 0 Å². The molecule has 34 heavy (non-hydrogen) atoms. The predicted octanol–water partition coefficient (Wildman–Crippen LogP) is 5.11. The summed E-state index contributed by atoms with van der Waals surface area (Å²) in [5, 5.41) is 22.8. The summed E-state index contributed by atoms with van der Waals surface area (Å²) in [6.07, 6.45) is 11.8. The molecule has 0 saturated carbocycles. The molecule has 1 aromatic heterocycles. The molecule has 0 radical (unpaired) electrons. The Labute approximate surface area is 200 Å². The van der Waals surface area contributed by atoms with Gasteiger partial charge in [-0.3, -0.25) is 0 Å². The lowest BCUT2D eigenvalue weighted by Gasteiger charge is -2.25. The third-order valence-corrected chi connectivity index (χ3v) is 4.96. The van der Waals surface area contributed by atoms with Gasteiger partial charge in [-0.1, -0.05) is 30.9 Å². The van der Waals surface area contributed by atoms with Gasteiger partial charge in [-0.05, 0) is 49.3 Å². The first-order valence-electron chi connectivity index (χ1n) is 10.8. The van der Waals surface area contributed by atoms with Gasteiger partial charge in [0.25, 0.3) is 0 Å². The zero-order valence-corrected chi connectivity index (χ0v) is 19.7. The van der Waals surface area contributed by atoms with Crippen molar-refractivity contribution in [3.8, 4) is 6.07 Å². The molecule has 1 heterocycles. The summed E-state index contributed by atoms with van der Waals surface area (Å²) in [6.45, 7) is 8.13. The summed E-state index contributed by atoms with van der Waals surface area (Å²) in [4.78, 5) is 10.7. The van der Waals surface area contributed by atoms with Crippen LogP contribution in [0.5, 0.6) is 0 Å². The van der Waals surface area contributed by atoms with E-state index in [-0.39, 0.29) is 18.3 Å². The molecule has 2 rings (SSSR count). The molecule has 1 aromatic carbocycles. The van der Waals surface area contributed by atoms with E-state index in [2.05, 4.69) is 33.2 Å². The van der Waals surface area contributed by atoms with Crippen molar-refractivity contribution in [2.24, 2.45) is 0 Å². The van der Waals surface area contributed by atoms with Crippen LogP contribution in [0.4, 0.5) is 10.3 Å². The highest BCUT2D eigenvalue weighted by molar-refractivity contribution is 5.73. The van der Waals surface area contributed by atoms with Crippen LogP contribution in [-0.2, 0) is 0 Å². The molecule has 0 aliphatic carbocycles. The second-order valence-corrected chi connectivity index (χ2v) is 7.39. The predicted molar refractivity (Wildman–Crippen MR) is 135 cm³/mol. The number of nitrogens with zero attached hydrogens (tertiary/aromatic N) is 4. The fourth-order valence-electron chi connectivity index (χ4n) is 3.17. The molecule has 0 spiro atoms. The minimum absolute atomic E-state index is 0.206. The first-order chi connectivity index (χ1) is 16.4. The molecule has 7 nitrogen and oxygen atoms in total. The molecule has 0 fully saturated rings. The lowest BCUT2D eigenvalue weighted by molar-refractivity contribution is 0.340. The average molecular weight is 460 g/mol. The number of hydrogen-bond acceptors (Lipinski definition) is 7. The Bertz CT molecular complexity index is 1130. The lowest BCUT2D eigenvalue weighted by Crippen LogP contribution is -2.20. The van der Waals surface area contributed by atoms with Crippen LogP contribution < -0.4 is 10.6 Å². The molecule has 0 aliphatic heterocycles. The molecule has 1 atom stereocenters. The molecule has 1 unspecified atom stereocenters. The number of hydrogen-bond donors (Lipinski definition) is 3. The number of anilines is 1. The number of aryl methyl sites for hydroxylation is 1. The topological polar surface area (TPSA) is 101 Å². The van der Waals surface area contributed by atoms with Gasteiger partial charge in [0.2, 0.25) is 5.95 Å². The summed E-state index contributed by atoms with van der Waals surface area (Å²) in [5.41, 5.74) is 2.73. The number of nitrogens with one attached hydrogen (secondary N) is 3. The van der Waals surface area contributed by atoms with Gasteiger partial charge in [-0.2, -0.15) is 5.26 Å². The highest BCUT2D eigenvalue weighted by atomic mass is 19.1. The first kappa shape index (κ1) is 26.0. The van der Waals surface area contributed by atoms with Gasteiger partial charge in [0.1, 0.15) is 11.6 Å². The monoisotopic (exact) mass is 459 g/mol. The minimum atomic E-state index is -0.308. The van der Waals surface area contributed by atoms with E-state index in [0.717, 1.165) is 11.1 Å². The van der Waals surface area contributed by atoms with Crippen LogP contribution in [-0.4, -0.2) is 34.7 Å². The second-order valence-electron chi connectivity index (χ2n) is 7.39. The van der Waals surface area contributed by atoms with Crippen LogP contribution in [0.2, 0.25) is 0 Å². The van der Waals surface area contributed by atoms with Crippen molar-refractivity contribution in [3.63, 3.8) is 0 Å². The van der Waals surface area contributed by atoms with E-state index in [4.69, 9.17) is 5.41 Å². The summed E-state index contributed by atoms with van der Waals surface area (Å²) in [7, 11) is 1.85. The molecule has 2 aromatic rings. The van der Waals surface area contributed by atoms with E-state index in [1.807, 2.05) is 43.3 Å². The van der Waals surface area contributed by atoms with Gasteiger partial charge in [-0.25, -0.2) is 14.4 Å². The summed E-state index contributed by atoms with van der Waals surface area (Å²) < 4.78 is 14.1. The van der Waals surface area contributed by atoms with E-state index < -0.39 is 0 Å². The van der Waals surface area contributed by atoms with Crippen LogP contribution in [0.25, 0.3) is 5.57 Å². The number of allylic oxidation sites excluding steroid dienone is 5. The Morgan fingerprint density at radius 3 is 2.79 bits per heavy atom. The minimum Gasteiger partial charge on any atom is -0.372 e. The van der Waals surface area contributed by atoms with Crippen molar-refractivity contribution in [1.29, 1.82) is 10.7 Å². The van der Waals surface area contributed by atoms with Crippen molar-refractivity contribution >= 4 is 17.7 Å². The summed E-state index contributed by atoms with van der Waals surface area (Å²) >= 11 is 0. The van der Waals surface area contributed by atoms with Crippen molar-refractivity contribution < 1.29 is 4.39 Å². The maximum absolute atomic E-state index is 14.1. The first-order valence-corrected chi connectivity index (χ1v) is 10.8. The van der Waals surface area contributed by atoms with Crippen molar-refractivity contribution in [1.82, 2.24) is 20.2 Å². The fourth-order valence-corrected chi connectivity index (χ4v) is 3.17. The van der Waals surface area contributed by atoms with Gasteiger partial charge in [-0.15, -0.1) is 0 Å². The third kappa shape index (κ3) is 7.41. The van der Waals surface area contributed by atoms with E-state index in [0.29, 0.717) is 29.6 Å². The largest absolute Gasteiger partial charge is 0.372 e. The maximum Gasteiger partial charge on any atom is 0.228 e. The van der Waals surface area contributed by atoms with Crippen molar-refractivity contribution in [3.05, 3.63) is 96.0 Å². The van der Waals surface area contributed by atoms with Crippen LogP contribution in [0.15, 0.2) is 73.4 Å². The molecule has 176 valence electrons. The van der Waals surface area contributed by atoms with E-state index in [1.54, 1.807) is 37.4 Å². The molecule has 0 saturated heterocycles. The number of aromatic nitrogens is 2. The normalized spacial score (nSPS) is 12.7. The third-order valence-electron chi connectivity index (χ3n) is 4.96. The van der Waals surface area contributed by atoms with Gasteiger partial charge in [0.05, 0.1) is 24.2 Å². The van der Waals surface area contributed by atoms with E-state index in [1.165, 1.54) is 12.3 Å². The van der Waals surface area contributed by atoms with Crippen LogP contribution >= 0.6 is 0 Å². The zero-order chi connectivity index (χ0) is 24.9. The number of rotatable bonds is 12. The number of halogens is 1. The summed E-state index contributed by atoms with van der Waals surface area (Å²) in [5.74, 6) is 0.699. The standard InChI is InChI=1S/C26H30FN7/c1-5-7-20(23-12-16-31-26(32-23)33-25(11-15-29)30-6-2)13-17-34(4)24(10-14-28)21-9-8-19(3)22(27)18-21/h5,7-9,11-13,15-18,24,29-30H,1,6,10H2,2-4H3,(H,31,32,33)/b17-13-,20-7+,25-11+,29-15?. The lowest BCUT2D eigenvalue weighted by atomic mass is 10.0. The number of benzene rings is 1. The summed E-state index contributed by atoms with van der Waals surface area (Å²) in [6, 6.07) is 8.70.